The van der Waals surface area contributed by atoms with Crippen molar-refractivity contribution in [2.24, 2.45) is 0 Å². The number of piperidine rings is 1. The molecule has 2 aliphatic rings. The summed E-state index contributed by atoms with van der Waals surface area (Å²) in [7, 11) is 0. The lowest BCUT2D eigenvalue weighted by molar-refractivity contribution is 0.182. The highest BCUT2D eigenvalue weighted by atomic mass is 32.2. The summed E-state index contributed by atoms with van der Waals surface area (Å²) in [5, 5.41) is 19.9. The summed E-state index contributed by atoms with van der Waals surface area (Å²) >= 11 is 1.73. The van der Waals surface area contributed by atoms with Gasteiger partial charge in [-0.1, -0.05) is 30.7 Å². The van der Waals surface area contributed by atoms with Crippen LogP contribution < -0.4 is 9.47 Å². The van der Waals surface area contributed by atoms with Gasteiger partial charge in [0, 0.05) is 12.6 Å². The van der Waals surface area contributed by atoms with Gasteiger partial charge in [-0.15, -0.1) is 11.8 Å². The normalized spacial score (nSPS) is 20.4. The highest BCUT2D eigenvalue weighted by Crippen LogP contribution is 2.55. The van der Waals surface area contributed by atoms with E-state index in [1.54, 1.807) is 36.0 Å². The number of aromatic hydroxyl groups is 2. The summed E-state index contributed by atoms with van der Waals surface area (Å²) in [6, 6.07) is 18.9. The first-order valence-electron chi connectivity index (χ1n) is 12.0. The van der Waals surface area contributed by atoms with E-state index in [2.05, 4.69) is 17.0 Å². The number of thioether (sulfide) groups is 1. The van der Waals surface area contributed by atoms with Gasteiger partial charge in [0.25, 0.3) is 0 Å². The minimum Gasteiger partial charge on any atom is -0.508 e. The van der Waals surface area contributed by atoms with Crippen LogP contribution in [0.3, 0.4) is 0 Å². The van der Waals surface area contributed by atoms with E-state index in [1.165, 1.54) is 32.4 Å². The van der Waals surface area contributed by atoms with Crippen LogP contribution in [0.15, 0.2) is 65.6 Å². The highest BCUT2D eigenvalue weighted by Gasteiger charge is 2.34. The topological polar surface area (TPSA) is 62.2 Å². The fourth-order valence-electron chi connectivity index (χ4n) is 4.73. The molecule has 0 amide bonds. The van der Waals surface area contributed by atoms with E-state index in [0.717, 1.165) is 33.9 Å². The SMILES string of the molecule is Cc1cc(O)cc2c1S[C@@H](c1ccc(O)cc1)[C@@H](c1ccc(OCCN3CCCCC3)cc1)O2. The molecular weight excluding hydrogens is 446 g/mol. The molecule has 0 aromatic heterocycles. The molecule has 5 rings (SSSR count). The highest BCUT2D eigenvalue weighted by molar-refractivity contribution is 7.99. The lowest BCUT2D eigenvalue weighted by Crippen LogP contribution is -2.33. The number of phenolic OH excluding ortho intramolecular Hbond substituents is 2. The number of likely N-dealkylation sites (tertiary alicyclic amines) is 1. The average molecular weight is 478 g/mol. The number of ether oxygens (including phenoxy) is 2. The van der Waals surface area contributed by atoms with Crippen LogP contribution in [0.5, 0.6) is 23.0 Å². The molecule has 3 aromatic rings. The van der Waals surface area contributed by atoms with Crippen molar-refractivity contribution in [3.63, 3.8) is 0 Å². The largest absolute Gasteiger partial charge is 0.508 e. The molecule has 6 heteroatoms. The van der Waals surface area contributed by atoms with E-state index in [0.29, 0.717) is 12.4 Å². The predicted octanol–water partition coefficient (Wildman–Crippen LogP) is 6.24. The molecule has 0 bridgehead atoms. The zero-order valence-electron chi connectivity index (χ0n) is 19.4. The molecule has 2 N–H and O–H groups in total. The number of hydrogen-bond acceptors (Lipinski definition) is 6. The zero-order chi connectivity index (χ0) is 23.5. The Balaban J connectivity index is 1.35. The maximum Gasteiger partial charge on any atom is 0.140 e. The lowest BCUT2D eigenvalue weighted by atomic mass is 9.99. The second-order valence-electron chi connectivity index (χ2n) is 9.08. The van der Waals surface area contributed by atoms with Crippen molar-refractivity contribution in [2.75, 3.05) is 26.2 Å². The van der Waals surface area contributed by atoms with Crippen LogP contribution in [0.1, 0.15) is 47.3 Å². The first kappa shape index (κ1) is 22.9. The summed E-state index contributed by atoms with van der Waals surface area (Å²) < 4.78 is 12.5. The van der Waals surface area contributed by atoms with E-state index >= 15 is 0 Å². The summed E-state index contributed by atoms with van der Waals surface area (Å²) in [6.07, 6.45) is 3.67. The van der Waals surface area contributed by atoms with Gasteiger partial charge in [0.2, 0.25) is 0 Å². The quantitative estimate of drug-likeness (QED) is 0.438. The summed E-state index contributed by atoms with van der Waals surface area (Å²) in [6.45, 7) is 5.99. The fourth-order valence-corrected chi connectivity index (χ4v) is 6.08. The molecule has 0 unspecified atom stereocenters. The minimum absolute atomic E-state index is 0.00205. The molecular formula is C28H31NO4S. The summed E-state index contributed by atoms with van der Waals surface area (Å²) in [5.41, 5.74) is 3.10. The molecule has 1 saturated heterocycles. The molecule has 2 heterocycles. The van der Waals surface area contributed by atoms with E-state index in [-0.39, 0.29) is 22.9 Å². The van der Waals surface area contributed by atoms with Crippen molar-refractivity contribution >= 4 is 11.8 Å². The number of nitrogens with zero attached hydrogens (tertiary/aromatic N) is 1. The molecule has 34 heavy (non-hydrogen) atoms. The Labute approximate surface area is 205 Å². The van der Waals surface area contributed by atoms with Crippen molar-refractivity contribution in [3.8, 4) is 23.0 Å². The Morgan fingerprint density at radius 3 is 2.35 bits per heavy atom. The van der Waals surface area contributed by atoms with Crippen molar-refractivity contribution in [1.82, 2.24) is 4.90 Å². The van der Waals surface area contributed by atoms with E-state index in [9.17, 15) is 10.2 Å². The number of hydrogen-bond donors (Lipinski definition) is 2. The molecule has 2 atom stereocenters. The number of aryl methyl sites for hydroxylation is 1. The van der Waals surface area contributed by atoms with Crippen LogP contribution >= 0.6 is 11.8 Å². The number of benzene rings is 3. The Morgan fingerprint density at radius 1 is 0.912 bits per heavy atom. The third kappa shape index (κ3) is 5.13. The molecule has 5 nitrogen and oxygen atoms in total. The first-order valence-corrected chi connectivity index (χ1v) is 12.9. The van der Waals surface area contributed by atoms with Crippen LogP contribution in [0, 0.1) is 6.92 Å². The van der Waals surface area contributed by atoms with E-state index in [4.69, 9.17) is 9.47 Å². The van der Waals surface area contributed by atoms with E-state index in [1.807, 2.05) is 31.2 Å². The Kier molecular flexibility index (Phi) is 6.88. The van der Waals surface area contributed by atoms with Crippen LogP contribution in [-0.2, 0) is 0 Å². The maximum atomic E-state index is 10.1. The van der Waals surface area contributed by atoms with Gasteiger partial charge in [-0.3, -0.25) is 4.90 Å². The van der Waals surface area contributed by atoms with Gasteiger partial charge >= 0.3 is 0 Å². The molecule has 0 saturated carbocycles. The van der Waals surface area contributed by atoms with Gasteiger partial charge in [0.1, 0.15) is 35.7 Å². The molecule has 0 aliphatic carbocycles. The number of fused-ring (bicyclic) bond motifs is 1. The maximum absolute atomic E-state index is 10.1. The van der Waals surface area contributed by atoms with Crippen molar-refractivity contribution < 1.29 is 19.7 Å². The Hall–Kier alpha value is -2.83. The third-order valence-electron chi connectivity index (χ3n) is 6.55. The standard InChI is InChI=1S/C28H31NO4S/c1-19-17-23(31)18-25-27(19)34-28(21-5-9-22(30)10-6-21)26(33-25)20-7-11-24(12-8-20)32-16-15-29-13-3-2-4-14-29/h5-12,17-18,26,28,30-31H,2-4,13-16H2,1H3/t26-,28+/m1/s1. The Bertz CT molecular complexity index is 1110. The first-order chi connectivity index (χ1) is 16.6. The van der Waals surface area contributed by atoms with Crippen molar-refractivity contribution in [1.29, 1.82) is 0 Å². The van der Waals surface area contributed by atoms with Crippen LogP contribution in [0.4, 0.5) is 0 Å². The van der Waals surface area contributed by atoms with Crippen molar-refractivity contribution in [3.05, 3.63) is 77.4 Å². The van der Waals surface area contributed by atoms with Gasteiger partial charge in [-0.05, 0) is 79.9 Å². The monoisotopic (exact) mass is 477 g/mol. The van der Waals surface area contributed by atoms with Gasteiger partial charge in [-0.2, -0.15) is 0 Å². The zero-order valence-corrected chi connectivity index (χ0v) is 20.3. The van der Waals surface area contributed by atoms with Crippen molar-refractivity contribution in [2.45, 2.75) is 42.4 Å². The predicted molar refractivity (Wildman–Crippen MR) is 135 cm³/mol. The summed E-state index contributed by atoms with van der Waals surface area (Å²) in [5.74, 6) is 2.01. The van der Waals surface area contributed by atoms with Crippen LogP contribution in [0.25, 0.3) is 0 Å². The second kappa shape index (κ2) is 10.2. The summed E-state index contributed by atoms with van der Waals surface area (Å²) in [4.78, 5) is 3.51. The molecule has 0 spiro atoms. The smallest absolute Gasteiger partial charge is 0.140 e. The minimum atomic E-state index is -0.245. The fraction of sp³-hybridized carbons (Fsp3) is 0.357. The Morgan fingerprint density at radius 2 is 1.62 bits per heavy atom. The molecule has 1 fully saturated rings. The van der Waals surface area contributed by atoms with Gasteiger partial charge in [-0.25, -0.2) is 0 Å². The number of rotatable bonds is 6. The van der Waals surface area contributed by atoms with Crippen LogP contribution in [-0.4, -0.2) is 41.4 Å². The molecule has 178 valence electrons. The third-order valence-corrected chi connectivity index (χ3v) is 8.09. The molecule has 2 aliphatic heterocycles. The molecule has 0 radical (unpaired) electrons. The average Bonchev–Trinajstić information content (AvgIpc) is 2.85. The van der Waals surface area contributed by atoms with Gasteiger partial charge < -0.3 is 19.7 Å². The van der Waals surface area contributed by atoms with Gasteiger partial charge in [0.05, 0.1) is 10.1 Å². The second-order valence-corrected chi connectivity index (χ2v) is 10.2. The van der Waals surface area contributed by atoms with Gasteiger partial charge in [0.15, 0.2) is 0 Å². The lowest BCUT2D eigenvalue weighted by Gasteiger charge is -2.34. The van der Waals surface area contributed by atoms with E-state index < -0.39 is 0 Å². The molecule has 3 aromatic carbocycles. The van der Waals surface area contributed by atoms with Crippen LogP contribution in [0.2, 0.25) is 0 Å². The number of phenols is 2.